The normalized spacial score (nSPS) is 13.6. The molecule has 3 aromatic rings. The zero-order valence-corrected chi connectivity index (χ0v) is 21.5. The van der Waals surface area contributed by atoms with E-state index >= 15 is 0 Å². The molecule has 0 aliphatic rings. The molecule has 2 aromatic heterocycles. The number of benzene rings is 1. The first-order valence-electron chi connectivity index (χ1n) is 11.2. The highest BCUT2D eigenvalue weighted by Crippen LogP contribution is 2.57. The summed E-state index contributed by atoms with van der Waals surface area (Å²) in [5.74, 6) is -26.5. The van der Waals surface area contributed by atoms with E-state index in [-0.39, 0.29) is 6.07 Å². The quantitative estimate of drug-likeness (QED) is 0.188. The Balaban J connectivity index is 2.19. The lowest BCUT2D eigenvalue weighted by atomic mass is 9.93. The second-order valence-electron chi connectivity index (χ2n) is 8.92. The van der Waals surface area contributed by atoms with Crippen LogP contribution in [0.1, 0.15) is 16.7 Å². The number of aryl methyl sites for hydroxylation is 1. The average Bonchev–Trinajstić information content (AvgIpc) is 2.87. The Bertz CT molecular complexity index is 1540. The number of alkyl halides is 14. The summed E-state index contributed by atoms with van der Waals surface area (Å²) in [5, 5.41) is 0. The summed E-state index contributed by atoms with van der Waals surface area (Å²) in [5.41, 5.74) is -21.5. The molecule has 0 N–H and O–H groups in total. The predicted octanol–water partition coefficient (Wildman–Crippen LogP) is 9.78. The van der Waals surface area contributed by atoms with Gasteiger partial charge in [-0.15, -0.1) is 0 Å². The molecule has 0 aliphatic carbocycles. The van der Waals surface area contributed by atoms with Crippen molar-refractivity contribution in [3.05, 3.63) is 70.1 Å². The van der Waals surface area contributed by atoms with Crippen molar-refractivity contribution < 1.29 is 97.3 Å². The van der Waals surface area contributed by atoms with E-state index in [1.165, 1.54) is 0 Å². The molecule has 0 unspecified atom stereocenters. The highest BCUT2D eigenvalue weighted by atomic mass is 19.4. The Hall–Kier alpha value is -4.28. The minimum absolute atomic E-state index is 0.129. The molecule has 47 heavy (non-hydrogen) atoms. The van der Waals surface area contributed by atoms with Crippen LogP contribution in [0.4, 0.5) is 87.8 Å². The van der Waals surface area contributed by atoms with Crippen molar-refractivity contribution >= 4 is 0 Å². The van der Waals surface area contributed by atoms with E-state index in [4.69, 9.17) is 0 Å². The summed E-state index contributed by atoms with van der Waals surface area (Å²) in [6.45, 7) is 0.903. The van der Waals surface area contributed by atoms with Crippen LogP contribution < -0.4 is 9.47 Å². The molecule has 260 valence electrons. The summed E-state index contributed by atoms with van der Waals surface area (Å²) in [4.78, 5) is 4.54. The fraction of sp³-hybridized carbons (Fsp3) is 0.304. The summed E-state index contributed by atoms with van der Waals surface area (Å²) >= 11 is 0. The fourth-order valence-electron chi connectivity index (χ4n) is 3.67. The number of pyridine rings is 2. The topological polar surface area (TPSA) is 44.2 Å². The summed E-state index contributed by atoms with van der Waals surface area (Å²) in [7, 11) is 0. The average molecular weight is 722 g/mol. The molecule has 1 aromatic carbocycles. The van der Waals surface area contributed by atoms with Gasteiger partial charge in [0.2, 0.25) is 0 Å². The Morgan fingerprint density at radius 3 is 0.979 bits per heavy atom. The van der Waals surface area contributed by atoms with E-state index in [9.17, 15) is 87.8 Å². The predicted molar refractivity (Wildman–Crippen MR) is 109 cm³/mol. The van der Waals surface area contributed by atoms with Gasteiger partial charge in [0.1, 0.15) is 11.5 Å². The van der Waals surface area contributed by atoms with Crippen molar-refractivity contribution in [1.29, 1.82) is 0 Å². The second-order valence-corrected chi connectivity index (χ2v) is 8.92. The van der Waals surface area contributed by atoms with Crippen molar-refractivity contribution in [2.24, 2.45) is 0 Å². The van der Waals surface area contributed by atoms with Gasteiger partial charge in [-0.3, -0.25) is 0 Å². The molecule has 0 radical (unpaired) electrons. The van der Waals surface area contributed by atoms with Gasteiger partial charge in [0.15, 0.2) is 23.3 Å². The number of aromatic nitrogens is 2. The van der Waals surface area contributed by atoms with Gasteiger partial charge in [-0.25, -0.2) is 26.3 Å². The first kappa shape index (κ1) is 37.2. The zero-order chi connectivity index (χ0) is 36.5. The minimum atomic E-state index is -7.20. The molecule has 0 bridgehead atoms. The van der Waals surface area contributed by atoms with Gasteiger partial charge >= 0.3 is 36.0 Å². The number of hydrogen-bond acceptors (Lipinski definition) is 4. The van der Waals surface area contributed by atoms with Crippen LogP contribution in [0.5, 0.6) is 23.3 Å². The lowest BCUT2D eigenvalue weighted by Gasteiger charge is -2.30. The smallest absolute Gasteiger partial charge is 0.436 e. The van der Waals surface area contributed by atoms with Crippen LogP contribution in [-0.4, -0.2) is 34.7 Å². The monoisotopic (exact) mass is 722 g/mol. The molecule has 3 rings (SSSR count). The third-order valence-corrected chi connectivity index (χ3v) is 5.72. The highest BCUT2D eigenvalue weighted by molar-refractivity contribution is 5.44. The number of halogens is 20. The molecule has 0 atom stereocenters. The van der Waals surface area contributed by atoms with Gasteiger partial charge in [-0.1, -0.05) is 0 Å². The van der Waals surface area contributed by atoms with Gasteiger partial charge in [0.25, 0.3) is 23.7 Å². The first-order valence-corrected chi connectivity index (χ1v) is 11.2. The first-order chi connectivity index (χ1) is 21.0. The molecule has 24 heteroatoms. The van der Waals surface area contributed by atoms with Gasteiger partial charge < -0.3 is 9.47 Å². The van der Waals surface area contributed by atoms with Crippen LogP contribution in [0.25, 0.3) is 0 Å². The summed E-state index contributed by atoms with van der Waals surface area (Å²) in [6.07, 6.45) is -28.8. The van der Waals surface area contributed by atoms with Crippen molar-refractivity contribution in [2.75, 3.05) is 0 Å². The molecule has 0 saturated heterocycles. The standard InChI is InChI=1S/C23H6F20N2O2/c1-5-2-6(46-16-12(26)8(10(24)14(28)44-16)18(30,20(32,33)34)21(35,36)37)4-7(3-5)47-17-13(27)9(11(25)15(29)45-17)19(31,22(38,39)40)23(41,42)43/h2-4H,1H3. The Kier molecular flexibility index (Phi) is 9.06. The molecule has 0 fully saturated rings. The molecular weight excluding hydrogens is 716 g/mol. The molecular formula is C23H6F20N2O2. The number of hydrogen-bond donors (Lipinski definition) is 0. The molecule has 0 spiro atoms. The maximum Gasteiger partial charge on any atom is 0.436 e. The van der Waals surface area contributed by atoms with E-state index in [1.54, 1.807) is 0 Å². The zero-order valence-electron chi connectivity index (χ0n) is 21.5. The van der Waals surface area contributed by atoms with E-state index in [0.29, 0.717) is 12.1 Å². The van der Waals surface area contributed by atoms with E-state index in [2.05, 4.69) is 19.4 Å². The molecule has 0 aliphatic heterocycles. The van der Waals surface area contributed by atoms with E-state index < -0.39 is 111 Å². The van der Waals surface area contributed by atoms with E-state index in [1.807, 2.05) is 0 Å². The van der Waals surface area contributed by atoms with Crippen LogP contribution in [0.3, 0.4) is 0 Å². The van der Waals surface area contributed by atoms with Crippen molar-refractivity contribution in [3.8, 4) is 23.3 Å². The third kappa shape index (κ3) is 6.12. The van der Waals surface area contributed by atoms with Gasteiger partial charge in [-0.05, 0) is 24.6 Å². The molecule has 4 nitrogen and oxygen atoms in total. The largest absolute Gasteiger partial charge is 0.436 e. The maximum atomic E-state index is 14.8. The SMILES string of the molecule is Cc1cc(Oc2nc(F)c(F)c(C(F)(C(F)(F)F)C(F)(F)F)c2F)cc(Oc2nc(F)c(F)c(C(F)(C(F)(F)F)C(F)(F)F)c2F)c1. The second kappa shape index (κ2) is 11.5. The van der Waals surface area contributed by atoms with Crippen LogP contribution in [0, 0.1) is 42.1 Å². The molecule has 2 heterocycles. The Labute approximate surface area is 244 Å². The Morgan fingerprint density at radius 1 is 0.447 bits per heavy atom. The van der Waals surface area contributed by atoms with Gasteiger partial charge in [0.05, 0.1) is 11.1 Å². The van der Waals surface area contributed by atoms with E-state index in [0.717, 1.165) is 6.92 Å². The van der Waals surface area contributed by atoms with Crippen LogP contribution in [0.15, 0.2) is 18.2 Å². The minimum Gasteiger partial charge on any atom is -0.436 e. The molecule has 0 amide bonds. The van der Waals surface area contributed by atoms with Gasteiger partial charge in [0, 0.05) is 6.07 Å². The highest BCUT2D eigenvalue weighted by Gasteiger charge is 2.77. The Morgan fingerprint density at radius 2 is 0.723 bits per heavy atom. The molecule has 0 saturated carbocycles. The van der Waals surface area contributed by atoms with Gasteiger partial charge in [-0.2, -0.15) is 71.4 Å². The lowest BCUT2D eigenvalue weighted by Crippen LogP contribution is -2.51. The lowest BCUT2D eigenvalue weighted by molar-refractivity contribution is -0.351. The van der Waals surface area contributed by atoms with Crippen molar-refractivity contribution in [3.63, 3.8) is 0 Å². The van der Waals surface area contributed by atoms with Crippen molar-refractivity contribution in [1.82, 2.24) is 9.97 Å². The number of rotatable bonds is 6. The number of ether oxygens (including phenoxy) is 2. The fourth-order valence-corrected chi connectivity index (χ4v) is 3.67. The van der Waals surface area contributed by atoms with Crippen molar-refractivity contribution in [2.45, 2.75) is 43.0 Å². The maximum absolute atomic E-state index is 14.8. The summed E-state index contributed by atoms with van der Waals surface area (Å²) in [6, 6.07) is 1.22. The number of nitrogens with zero attached hydrogens (tertiary/aromatic N) is 2. The summed E-state index contributed by atoms with van der Waals surface area (Å²) < 4.78 is 280. The van der Waals surface area contributed by atoms with Crippen LogP contribution >= 0.6 is 0 Å². The van der Waals surface area contributed by atoms with Crippen LogP contribution in [0.2, 0.25) is 0 Å². The third-order valence-electron chi connectivity index (χ3n) is 5.72. The van der Waals surface area contributed by atoms with Crippen LogP contribution in [-0.2, 0) is 11.3 Å².